The van der Waals surface area contributed by atoms with Crippen LogP contribution in [0.25, 0.3) is 11.0 Å². The molecule has 15 heavy (non-hydrogen) atoms. The lowest BCUT2D eigenvalue weighted by Crippen LogP contribution is -2.33. The lowest BCUT2D eigenvalue weighted by Gasteiger charge is -2.23. The van der Waals surface area contributed by atoms with Crippen molar-refractivity contribution >= 4 is 11.0 Å². The Hall–Kier alpha value is -1.58. The molecule has 82 valence electrons. The van der Waals surface area contributed by atoms with E-state index in [-0.39, 0.29) is 0 Å². The number of hydrogen-bond donors (Lipinski definition) is 1. The van der Waals surface area contributed by atoms with Crippen molar-refractivity contribution in [2.24, 2.45) is 7.05 Å². The quantitative estimate of drug-likeness (QED) is 0.830. The third kappa shape index (κ3) is 1.37. The second-order valence-electron chi connectivity index (χ2n) is 3.65. The maximum atomic E-state index is 9.89. The van der Waals surface area contributed by atoms with Gasteiger partial charge in [-0.25, -0.2) is 4.68 Å². The predicted molar refractivity (Wildman–Crippen MR) is 61.9 cm³/mol. The minimum absolute atomic E-state index is 0.305. The van der Waals surface area contributed by atoms with E-state index < -0.39 is 0 Å². The highest BCUT2D eigenvalue weighted by molar-refractivity contribution is 5.80. The molecule has 0 spiro atoms. The van der Waals surface area contributed by atoms with Crippen molar-refractivity contribution in [3.05, 3.63) is 18.3 Å². The summed E-state index contributed by atoms with van der Waals surface area (Å²) in [5.74, 6) is 0.305. The normalized spacial score (nSPS) is 11.1. The van der Waals surface area contributed by atoms with Crippen LogP contribution in [0.2, 0.25) is 0 Å². The SMILES string of the molecule is CCN(CC)n1c(O)cc2c1ccn2C. The third-order valence-corrected chi connectivity index (χ3v) is 2.82. The molecule has 2 heterocycles. The molecule has 2 aromatic heterocycles. The molecular weight excluding hydrogens is 190 g/mol. The van der Waals surface area contributed by atoms with Crippen molar-refractivity contribution in [3.63, 3.8) is 0 Å². The number of aromatic hydroxyl groups is 1. The van der Waals surface area contributed by atoms with Crippen LogP contribution in [-0.4, -0.2) is 27.4 Å². The van der Waals surface area contributed by atoms with Crippen LogP contribution in [0.4, 0.5) is 0 Å². The van der Waals surface area contributed by atoms with Gasteiger partial charge in [0.15, 0.2) is 0 Å². The monoisotopic (exact) mass is 207 g/mol. The smallest absolute Gasteiger partial charge is 0.212 e. The summed E-state index contributed by atoms with van der Waals surface area (Å²) in [5.41, 5.74) is 2.11. The lowest BCUT2D eigenvalue weighted by atomic mass is 10.5. The molecule has 0 radical (unpaired) electrons. The highest BCUT2D eigenvalue weighted by Crippen LogP contribution is 2.25. The predicted octanol–water partition coefficient (Wildman–Crippen LogP) is 1.66. The number of hydrogen-bond acceptors (Lipinski definition) is 2. The van der Waals surface area contributed by atoms with E-state index in [0.29, 0.717) is 5.88 Å². The van der Waals surface area contributed by atoms with E-state index >= 15 is 0 Å². The average Bonchev–Trinajstić information content (AvgIpc) is 2.72. The van der Waals surface area contributed by atoms with Crippen LogP contribution >= 0.6 is 0 Å². The summed E-state index contributed by atoms with van der Waals surface area (Å²) >= 11 is 0. The molecule has 0 unspecified atom stereocenters. The molecule has 0 amide bonds. The van der Waals surface area contributed by atoms with Crippen molar-refractivity contribution in [2.45, 2.75) is 13.8 Å². The highest BCUT2D eigenvalue weighted by atomic mass is 16.3. The van der Waals surface area contributed by atoms with Gasteiger partial charge in [0, 0.05) is 32.4 Å². The summed E-state index contributed by atoms with van der Waals surface area (Å²) in [5, 5.41) is 12.0. The van der Waals surface area contributed by atoms with E-state index in [4.69, 9.17) is 0 Å². The van der Waals surface area contributed by atoms with E-state index in [2.05, 4.69) is 18.9 Å². The summed E-state index contributed by atoms with van der Waals surface area (Å²) in [7, 11) is 1.98. The third-order valence-electron chi connectivity index (χ3n) is 2.82. The van der Waals surface area contributed by atoms with Gasteiger partial charge in [-0.3, -0.25) is 0 Å². The standard InChI is InChI=1S/C11H17N3O/c1-4-13(5-2)14-9-6-7-12(3)10(9)8-11(14)15/h6-8,15H,4-5H2,1-3H3. The van der Waals surface area contributed by atoms with E-state index in [0.717, 1.165) is 24.1 Å². The average molecular weight is 207 g/mol. The Morgan fingerprint density at radius 2 is 1.93 bits per heavy atom. The molecule has 0 aromatic carbocycles. The van der Waals surface area contributed by atoms with Crippen LogP contribution in [0.3, 0.4) is 0 Å². The van der Waals surface area contributed by atoms with Crippen molar-refractivity contribution in [3.8, 4) is 5.88 Å². The summed E-state index contributed by atoms with van der Waals surface area (Å²) in [6.45, 7) is 5.92. The van der Waals surface area contributed by atoms with Gasteiger partial charge in [0.2, 0.25) is 5.88 Å². The summed E-state index contributed by atoms with van der Waals surface area (Å²) in [4.78, 5) is 0. The van der Waals surface area contributed by atoms with Crippen molar-refractivity contribution in [1.82, 2.24) is 9.24 Å². The van der Waals surface area contributed by atoms with E-state index in [1.54, 1.807) is 6.07 Å². The minimum Gasteiger partial charge on any atom is -0.493 e. The maximum Gasteiger partial charge on any atom is 0.212 e. The van der Waals surface area contributed by atoms with Crippen molar-refractivity contribution in [2.75, 3.05) is 18.1 Å². The van der Waals surface area contributed by atoms with Crippen LogP contribution < -0.4 is 5.01 Å². The number of rotatable bonds is 3. The molecule has 0 atom stereocenters. The Labute approximate surface area is 89.3 Å². The van der Waals surface area contributed by atoms with Crippen LogP contribution in [0.1, 0.15) is 13.8 Å². The van der Waals surface area contributed by atoms with Gasteiger partial charge < -0.3 is 14.7 Å². The molecule has 0 aliphatic rings. The molecule has 4 heteroatoms. The van der Waals surface area contributed by atoms with Gasteiger partial charge in [0.05, 0.1) is 11.0 Å². The van der Waals surface area contributed by atoms with Crippen molar-refractivity contribution in [1.29, 1.82) is 0 Å². The second kappa shape index (κ2) is 3.53. The number of aryl methyl sites for hydroxylation is 1. The van der Waals surface area contributed by atoms with Gasteiger partial charge in [-0.2, -0.15) is 0 Å². The first kappa shape index (κ1) is 9.96. The molecule has 0 bridgehead atoms. The molecule has 4 nitrogen and oxygen atoms in total. The van der Waals surface area contributed by atoms with Crippen LogP contribution in [-0.2, 0) is 7.05 Å². The Bertz CT molecular complexity index is 465. The molecule has 0 saturated heterocycles. The first-order valence-electron chi connectivity index (χ1n) is 5.30. The number of aromatic nitrogens is 2. The fourth-order valence-electron chi connectivity index (χ4n) is 1.99. The molecule has 2 aromatic rings. The minimum atomic E-state index is 0.305. The molecule has 0 saturated carbocycles. The molecular formula is C11H17N3O. The molecule has 2 rings (SSSR count). The zero-order chi connectivity index (χ0) is 11.0. The van der Waals surface area contributed by atoms with Gasteiger partial charge >= 0.3 is 0 Å². The van der Waals surface area contributed by atoms with Gasteiger partial charge in [-0.05, 0) is 19.9 Å². The summed E-state index contributed by atoms with van der Waals surface area (Å²) in [6, 6.07) is 3.82. The van der Waals surface area contributed by atoms with Crippen molar-refractivity contribution < 1.29 is 5.11 Å². The largest absolute Gasteiger partial charge is 0.493 e. The maximum absolute atomic E-state index is 9.89. The molecule has 0 aliphatic heterocycles. The van der Waals surface area contributed by atoms with E-state index in [1.807, 2.05) is 28.6 Å². The topological polar surface area (TPSA) is 33.3 Å². The molecule has 0 fully saturated rings. The summed E-state index contributed by atoms with van der Waals surface area (Å²) < 4.78 is 3.88. The number of fused-ring (bicyclic) bond motifs is 1. The van der Waals surface area contributed by atoms with E-state index in [1.165, 1.54) is 0 Å². The Morgan fingerprint density at radius 1 is 1.27 bits per heavy atom. The zero-order valence-corrected chi connectivity index (χ0v) is 9.44. The van der Waals surface area contributed by atoms with E-state index in [9.17, 15) is 5.11 Å². The Morgan fingerprint density at radius 3 is 2.53 bits per heavy atom. The lowest BCUT2D eigenvalue weighted by molar-refractivity contribution is 0.414. The van der Waals surface area contributed by atoms with Gasteiger partial charge in [0.1, 0.15) is 0 Å². The zero-order valence-electron chi connectivity index (χ0n) is 9.44. The Kier molecular flexibility index (Phi) is 2.34. The first-order chi connectivity index (χ1) is 7.19. The van der Waals surface area contributed by atoms with Crippen LogP contribution in [0.5, 0.6) is 5.88 Å². The van der Waals surface area contributed by atoms with Gasteiger partial charge in [-0.15, -0.1) is 0 Å². The van der Waals surface area contributed by atoms with Gasteiger partial charge in [0.25, 0.3) is 0 Å². The first-order valence-corrected chi connectivity index (χ1v) is 5.30. The Balaban J connectivity index is 2.62. The van der Waals surface area contributed by atoms with Crippen LogP contribution in [0, 0.1) is 0 Å². The fourth-order valence-corrected chi connectivity index (χ4v) is 1.99. The van der Waals surface area contributed by atoms with Gasteiger partial charge in [-0.1, -0.05) is 0 Å². The molecule has 1 N–H and O–H groups in total. The summed E-state index contributed by atoms with van der Waals surface area (Å²) in [6.07, 6.45) is 2.00. The highest BCUT2D eigenvalue weighted by Gasteiger charge is 2.13. The molecule has 0 aliphatic carbocycles. The second-order valence-corrected chi connectivity index (χ2v) is 3.65. The van der Waals surface area contributed by atoms with Crippen LogP contribution in [0.15, 0.2) is 18.3 Å². The number of nitrogens with zero attached hydrogens (tertiary/aromatic N) is 3. The fraction of sp³-hybridized carbons (Fsp3) is 0.455.